The van der Waals surface area contributed by atoms with Crippen LogP contribution in [0, 0.1) is 0 Å². The van der Waals surface area contributed by atoms with E-state index in [-0.39, 0.29) is 11.7 Å². The van der Waals surface area contributed by atoms with Crippen molar-refractivity contribution in [1.82, 2.24) is 14.5 Å². The van der Waals surface area contributed by atoms with Crippen molar-refractivity contribution in [1.29, 1.82) is 0 Å². The average molecular weight is 422 g/mol. The predicted molar refractivity (Wildman–Crippen MR) is 124 cm³/mol. The minimum Gasteiger partial charge on any atom is -0.394 e. The molecule has 0 saturated carbocycles. The van der Waals surface area contributed by atoms with Crippen molar-refractivity contribution in [3.63, 3.8) is 0 Å². The summed E-state index contributed by atoms with van der Waals surface area (Å²) in [5.41, 5.74) is 9.50. The molecule has 0 spiro atoms. The van der Waals surface area contributed by atoms with Gasteiger partial charge in [0.25, 0.3) is 0 Å². The van der Waals surface area contributed by atoms with Gasteiger partial charge < -0.3 is 20.5 Å². The van der Waals surface area contributed by atoms with Gasteiger partial charge in [-0.15, -0.1) is 0 Å². The summed E-state index contributed by atoms with van der Waals surface area (Å²) in [6.45, 7) is 3.89. The number of H-pyrrole nitrogens is 1. The normalized spacial score (nSPS) is 16.1. The lowest BCUT2D eigenvalue weighted by Crippen LogP contribution is -2.37. The van der Waals surface area contributed by atoms with Gasteiger partial charge in [0.1, 0.15) is 6.61 Å². The molecule has 0 radical (unpaired) electrons. The molecule has 0 unspecified atom stereocenters. The largest absolute Gasteiger partial charge is 0.394 e. The number of hydrogen-bond donors (Lipinski definition) is 2. The van der Waals surface area contributed by atoms with Crippen molar-refractivity contribution >= 4 is 16.7 Å². The fourth-order valence-electron chi connectivity index (χ4n) is 4.36. The first-order chi connectivity index (χ1) is 15.3. The third-order valence-electron chi connectivity index (χ3n) is 5.93. The van der Waals surface area contributed by atoms with Crippen LogP contribution in [-0.4, -0.2) is 52.9 Å². The summed E-state index contributed by atoms with van der Waals surface area (Å²) < 4.78 is 1.95. The van der Waals surface area contributed by atoms with E-state index in [1.807, 2.05) is 47.0 Å². The number of piperidine rings is 1. The van der Waals surface area contributed by atoms with Gasteiger partial charge in [0, 0.05) is 25.7 Å². The molecule has 3 aromatic rings. The highest BCUT2D eigenvalue weighted by molar-refractivity contribution is 6.00. The number of nitrogens with zero attached hydrogens (tertiary/aromatic N) is 3. The van der Waals surface area contributed by atoms with Crippen molar-refractivity contribution in [2.24, 2.45) is 10.9 Å². The Balaban J connectivity index is 1.31. The number of likely N-dealkylation sites (tertiary alicyclic amines) is 1. The fourth-order valence-corrected chi connectivity index (χ4v) is 4.36. The molecule has 4 rings (SSSR count). The second-order valence-corrected chi connectivity index (χ2v) is 8.02. The van der Waals surface area contributed by atoms with Crippen molar-refractivity contribution in [2.75, 3.05) is 32.8 Å². The van der Waals surface area contributed by atoms with E-state index >= 15 is 0 Å². The minimum atomic E-state index is 0.000781. The first kappa shape index (κ1) is 21.3. The summed E-state index contributed by atoms with van der Waals surface area (Å²) in [7, 11) is 0. The van der Waals surface area contributed by atoms with Gasteiger partial charge >= 0.3 is 5.69 Å². The Labute approximate surface area is 182 Å². The SMILES string of the molecule is NCCO/N=C(\CCCN1CCC(n2c(=O)[nH]c3ccccc32)CC1)c1ccccc1. The molecule has 0 bridgehead atoms. The lowest BCUT2D eigenvalue weighted by atomic mass is 10.0. The van der Waals surface area contributed by atoms with Crippen LogP contribution in [0.5, 0.6) is 0 Å². The maximum absolute atomic E-state index is 12.5. The van der Waals surface area contributed by atoms with Gasteiger partial charge in [0.2, 0.25) is 0 Å². The number of oxime groups is 1. The number of para-hydroxylation sites is 2. The number of imidazole rings is 1. The maximum Gasteiger partial charge on any atom is 0.326 e. The smallest absolute Gasteiger partial charge is 0.326 e. The van der Waals surface area contributed by atoms with Gasteiger partial charge in [-0.05, 0) is 49.9 Å². The number of aromatic nitrogens is 2. The molecule has 164 valence electrons. The van der Waals surface area contributed by atoms with Crippen molar-refractivity contribution in [2.45, 2.75) is 31.7 Å². The molecule has 0 atom stereocenters. The Morgan fingerprint density at radius 1 is 1.10 bits per heavy atom. The van der Waals surface area contributed by atoms with E-state index in [1.165, 1.54) is 0 Å². The Bertz CT molecular complexity index is 1050. The summed E-state index contributed by atoms with van der Waals surface area (Å²) in [5.74, 6) is 0. The summed E-state index contributed by atoms with van der Waals surface area (Å²) in [6.07, 6.45) is 3.84. The van der Waals surface area contributed by atoms with Crippen LogP contribution in [0.4, 0.5) is 0 Å². The first-order valence-corrected chi connectivity index (χ1v) is 11.1. The lowest BCUT2D eigenvalue weighted by molar-refractivity contribution is 0.151. The van der Waals surface area contributed by atoms with Crippen molar-refractivity contribution < 1.29 is 4.84 Å². The summed E-state index contributed by atoms with van der Waals surface area (Å²) in [4.78, 5) is 23.3. The van der Waals surface area contributed by atoms with Gasteiger partial charge in [0.05, 0.1) is 16.7 Å². The third kappa shape index (κ3) is 5.24. The summed E-state index contributed by atoms with van der Waals surface area (Å²) in [5, 5.41) is 4.33. The molecule has 0 aliphatic carbocycles. The second kappa shape index (κ2) is 10.4. The Kier molecular flexibility index (Phi) is 7.17. The van der Waals surface area contributed by atoms with Crippen LogP contribution in [-0.2, 0) is 4.84 Å². The highest BCUT2D eigenvalue weighted by Crippen LogP contribution is 2.25. The topological polar surface area (TPSA) is 88.6 Å². The number of nitrogens with one attached hydrogen (secondary N) is 1. The lowest BCUT2D eigenvalue weighted by Gasteiger charge is -2.32. The Hall–Kier alpha value is -2.90. The van der Waals surface area contributed by atoms with E-state index in [1.54, 1.807) is 0 Å². The highest BCUT2D eigenvalue weighted by Gasteiger charge is 2.23. The van der Waals surface area contributed by atoms with E-state index in [4.69, 9.17) is 10.6 Å². The molecule has 7 nitrogen and oxygen atoms in total. The zero-order chi connectivity index (χ0) is 21.5. The average Bonchev–Trinajstić information content (AvgIpc) is 3.15. The molecule has 1 fully saturated rings. The standard InChI is InChI=1S/C24H31N5O2/c25-14-18-31-27-21(19-7-2-1-3-8-19)10-6-15-28-16-12-20(13-17-28)29-23-11-5-4-9-22(23)26-24(29)30/h1-5,7-9,11,20H,6,10,12-18,25H2,(H,26,30)/b27-21+. The third-order valence-corrected chi connectivity index (χ3v) is 5.93. The van der Waals surface area contributed by atoms with Crippen LogP contribution in [0.15, 0.2) is 64.5 Å². The van der Waals surface area contributed by atoms with Crippen molar-refractivity contribution in [3.05, 3.63) is 70.6 Å². The Morgan fingerprint density at radius 3 is 2.61 bits per heavy atom. The molecule has 31 heavy (non-hydrogen) atoms. The maximum atomic E-state index is 12.5. The van der Waals surface area contributed by atoms with Crippen molar-refractivity contribution in [3.8, 4) is 0 Å². The van der Waals surface area contributed by atoms with Gasteiger partial charge in [-0.25, -0.2) is 4.79 Å². The van der Waals surface area contributed by atoms with Crippen LogP contribution in [0.1, 0.15) is 37.3 Å². The number of rotatable bonds is 9. The van der Waals surface area contributed by atoms with E-state index < -0.39 is 0 Å². The van der Waals surface area contributed by atoms with Gasteiger partial charge in [-0.3, -0.25) is 4.57 Å². The molecular formula is C24H31N5O2. The summed E-state index contributed by atoms with van der Waals surface area (Å²) >= 11 is 0. The van der Waals surface area contributed by atoms with E-state index in [9.17, 15) is 4.79 Å². The monoisotopic (exact) mass is 421 g/mol. The quantitative estimate of drug-likeness (QED) is 0.316. The van der Waals surface area contributed by atoms with E-state index in [0.29, 0.717) is 13.2 Å². The molecule has 1 saturated heterocycles. The van der Waals surface area contributed by atoms with Crippen LogP contribution in [0.2, 0.25) is 0 Å². The van der Waals surface area contributed by atoms with E-state index in [2.05, 4.69) is 27.2 Å². The molecule has 7 heteroatoms. The molecule has 2 aromatic carbocycles. The number of hydrogen-bond acceptors (Lipinski definition) is 5. The molecule has 0 amide bonds. The fraction of sp³-hybridized carbons (Fsp3) is 0.417. The summed E-state index contributed by atoms with van der Waals surface area (Å²) in [6, 6.07) is 18.4. The van der Waals surface area contributed by atoms with E-state index in [0.717, 1.165) is 67.6 Å². The molecule has 2 heterocycles. The van der Waals surface area contributed by atoms with Crippen LogP contribution < -0.4 is 11.4 Å². The zero-order valence-electron chi connectivity index (χ0n) is 17.9. The van der Waals surface area contributed by atoms with Gasteiger partial charge in [0.15, 0.2) is 0 Å². The highest BCUT2D eigenvalue weighted by atomic mass is 16.6. The molecule has 1 aliphatic rings. The molecule has 1 aliphatic heterocycles. The number of benzene rings is 2. The van der Waals surface area contributed by atoms with Gasteiger partial charge in [-0.1, -0.05) is 47.6 Å². The molecular weight excluding hydrogens is 390 g/mol. The van der Waals surface area contributed by atoms with Crippen LogP contribution in [0.25, 0.3) is 11.0 Å². The number of fused-ring (bicyclic) bond motifs is 1. The first-order valence-electron chi connectivity index (χ1n) is 11.1. The van der Waals surface area contributed by atoms with Crippen LogP contribution in [0.3, 0.4) is 0 Å². The zero-order valence-corrected chi connectivity index (χ0v) is 17.9. The number of nitrogens with two attached hydrogens (primary N) is 1. The second-order valence-electron chi connectivity index (χ2n) is 8.02. The van der Waals surface area contributed by atoms with Crippen LogP contribution >= 0.6 is 0 Å². The predicted octanol–water partition coefficient (Wildman–Crippen LogP) is 3.13. The molecule has 1 aromatic heterocycles. The minimum absolute atomic E-state index is 0.000781. The van der Waals surface area contributed by atoms with Gasteiger partial charge in [-0.2, -0.15) is 0 Å². The molecule has 3 N–H and O–H groups in total. The Morgan fingerprint density at radius 2 is 1.84 bits per heavy atom. The number of aromatic amines is 1.